The summed E-state index contributed by atoms with van der Waals surface area (Å²) in [5, 5.41) is 13.2. The highest BCUT2D eigenvalue weighted by molar-refractivity contribution is 7.10. The standard InChI is InChI=1S/C16H14N2O3S/c1-11(21-15(19)9-14-3-2-8-22-14)16(20)18-13-6-4-12(10-17)5-7-13/h2-8,11H,9H2,1H3,(H,18,20)/t11-/m0/s1. The van der Waals surface area contributed by atoms with Gasteiger partial charge in [-0.1, -0.05) is 6.07 Å². The number of amides is 1. The van der Waals surface area contributed by atoms with Gasteiger partial charge in [0.2, 0.25) is 0 Å². The van der Waals surface area contributed by atoms with E-state index in [4.69, 9.17) is 10.00 Å². The van der Waals surface area contributed by atoms with Gasteiger partial charge in [0, 0.05) is 10.6 Å². The molecule has 1 N–H and O–H groups in total. The lowest BCUT2D eigenvalue weighted by Crippen LogP contribution is -2.30. The predicted molar refractivity (Wildman–Crippen MR) is 83.4 cm³/mol. The van der Waals surface area contributed by atoms with E-state index in [0.29, 0.717) is 11.3 Å². The van der Waals surface area contributed by atoms with E-state index in [-0.39, 0.29) is 6.42 Å². The van der Waals surface area contributed by atoms with Crippen LogP contribution in [0, 0.1) is 11.3 Å². The third-order valence-electron chi connectivity index (χ3n) is 2.86. The van der Waals surface area contributed by atoms with Crippen LogP contribution in [0.5, 0.6) is 0 Å². The molecular weight excluding hydrogens is 300 g/mol. The first-order valence-corrected chi connectivity index (χ1v) is 7.49. The lowest BCUT2D eigenvalue weighted by Gasteiger charge is -2.13. The molecule has 2 aromatic rings. The molecule has 0 radical (unpaired) electrons. The fourth-order valence-electron chi connectivity index (χ4n) is 1.72. The van der Waals surface area contributed by atoms with Crippen LogP contribution < -0.4 is 5.32 Å². The number of anilines is 1. The molecule has 0 saturated carbocycles. The van der Waals surface area contributed by atoms with Crippen LogP contribution in [0.1, 0.15) is 17.4 Å². The molecule has 1 atom stereocenters. The maximum Gasteiger partial charge on any atom is 0.311 e. The molecule has 0 aliphatic rings. The Morgan fingerprint density at radius 1 is 1.32 bits per heavy atom. The molecule has 0 fully saturated rings. The zero-order chi connectivity index (χ0) is 15.9. The molecular formula is C16H14N2O3S. The van der Waals surface area contributed by atoms with Crippen molar-refractivity contribution in [3.63, 3.8) is 0 Å². The molecule has 0 spiro atoms. The van der Waals surface area contributed by atoms with E-state index in [1.165, 1.54) is 18.3 Å². The minimum absolute atomic E-state index is 0.159. The van der Waals surface area contributed by atoms with Gasteiger partial charge in [0.05, 0.1) is 18.1 Å². The van der Waals surface area contributed by atoms with E-state index in [9.17, 15) is 9.59 Å². The molecule has 6 heteroatoms. The van der Waals surface area contributed by atoms with Crippen LogP contribution in [0.3, 0.4) is 0 Å². The number of rotatable bonds is 5. The van der Waals surface area contributed by atoms with Gasteiger partial charge in [0.1, 0.15) is 0 Å². The van der Waals surface area contributed by atoms with Gasteiger partial charge in [-0.25, -0.2) is 0 Å². The fraction of sp³-hybridized carbons (Fsp3) is 0.188. The van der Waals surface area contributed by atoms with Crippen molar-refractivity contribution in [3.8, 4) is 6.07 Å². The van der Waals surface area contributed by atoms with Gasteiger partial charge in [-0.3, -0.25) is 9.59 Å². The van der Waals surface area contributed by atoms with Crippen molar-refractivity contribution in [2.45, 2.75) is 19.4 Å². The molecule has 1 aromatic heterocycles. The molecule has 0 aliphatic heterocycles. The summed E-state index contributed by atoms with van der Waals surface area (Å²) in [6.07, 6.45) is -0.727. The molecule has 1 aromatic carbocycles. The Morgan fingerprint density at radius 3 is 2.64 bits per heavy atom. The van der Waals surface area contributed by atoms with Gasteiger partial charge in [-0.15, -0.1) is 11.3 Å². The number of thiophene rings is 1. The Kier molecular flexibility index (Phi) is 5.28. The number of nitrogens with zero attached hydrogens (tertiary/aromatic N) is 1. The molecule has 22 heavy (non-hydrogen) atoms. The third-order valence-corrected chi connectivity index (χ3v) is 3.73. The van der Waals surface area contributed by atoms with E-state index in [1.54, 1.807) is 24.3 Å². The molecule has 0 bridgehead atoms. The molecule has 1 amide bonds. The Balaban J connectivity index is 1.86. The topological polar surface area (TPSA) is 79.2 Å². The third kappa shape index (κ3) is 4.43. The van der Waals surface area contributed by atoms with E-state index < -0.39 is 18.0 Å². The number of benzene rings is 1. The van der Waals surface area contributed by atoms with Crippen LogP contribution in [0.15, 0.2) is 41.8 Å². The smallest absolute Gasteiger partial charge is 0.311 e. The highest BCUT2D eigenvalue weighted by Gasteiger charge is 2.18. The van der Waals surface area contributed by atoms with Crippen LogP contribution in [0.2, 0.25) is 0 Å². The Morgan fingerprint density at radius 2 is 2.05 bits per heavy atom. The summed E-state index contributed by atoms with van der Waals surface area (Å²) in [6, 6.07) is 12.1. The largest absolute Gasteiger partial charge is 0.452 e. The first-order chi connectivity index (χ1) is 10.6. The Bertz CT molecular complexity index is 687. The first-order valence-electron chi connectivity index (χ1n) is 6.61. The SMILES string of the molecule is C[C@H](OC(=O)Cc1cccs1)C(=O)Nc1ccc(C#N)cc1. The van der Waals surface area contributed by atoms with Gasteiger partial charge in [0.25, 0.3) is 5.91 Å². The minimum atomic E-state index is -0.886. The molecule has 0 aliphatic carbocycles. The van der Waals surface area contributed by atoms with Gasteiger partial charge in [-0.05, 0) is 42.6 Å². The van der Waals surface area contributed by atoms with Crippen LogP contribution in [-0.4, -0.2) is 18.0 Å². The summed E-state index contributed by atoms with van der Waals surface area (Å²) in [7, 11) is 0. The summed E-state index contributed by atoms with van der Waals surface area (Å²) in [5.74, 6) is -0.853. The number of carbonyl (C=O) groups is 2. The summed E-state index contributed by atoms with van der Waals surface area (Å²) in [4.78, 5) is 24.6. The minimum Gasteiger partial charge on any atom is -0.452 e. The zero-order valence-corrected chi connectivity index (χ0v) is 12.7. The molecule has 0 saturated heterocycles. The van der Waals surface area contributed by atoms with E-state index in [0.717, 1.165) is 4.88 Å². The predicted octanol–water partition coefficient (Wildman–Crippen LogP) is 2.73. The molecule has 2 rings (SSSR count). The van der Waals surface area contributed by atoms with Crippen LogP contribution in [0.4, 0.5) is 5.69 Å². The summed E-state index contributed by atoms with van der Waals surface area (Å²) in [6.45, 7) is 1.52. The van der Waals surface area contributed by atoms with E-state index in [2.05, 4.69) is 5.32 Å². The average molecular weight is 314 g/mol. The Labute approximate surface area is 132 Å². The van der Waals surface area contributed by atoms with E-state index >= 15 is 0 Å². The number of hydrogen-bond acceptors (Lipinski definition) is 5. The molecule has 1 heterocycles. The monoisotopic (exact) mass is 314 g/mol. The van der Waals surface area contributed by atoms with E-state index in [1.807, 2.05) is 23.6 Å². The molecule has 112 valence electrons. The number of nitrogens with one attached hydrogen (secondary N) is 1. The highest BCUT2D eigenvalue weighted by Crippen LogP contribution is 2.12. The first kappa shape index (κ1) is 15.7. The zero-order valence-electron chi connectivity index (χ0n) is 11.9. The van der Waals surface area contributed by atoms with Crippen molar-refractivity contribution in [1.29, 1.82) is 5.26 Å². The lowest BCUT2D eigenvalue weighted by molar-refractivity contribution is -0.152. The van der Waals surface area contributed by atoms with Crippen molar-refractivity contribution in [2.75, 3.05) is 5.32 Å². The summed E-state index contributed by atoms with van der Waals surface area (Å²) in [5.41, 5.74) is 1.05. The summed E-state index contributed by atoms with van der Waals surface area (Å²) < 4.78 is 5.11. The highest BCUT2D eigenvalue weighted by atomic mass is 32.1. The fourth-order valence-corrected chi connectivity index (χ4v) is 2.41. The average Bonchev–Trinajstić information content (AvgIpc) is 3.00. The van der Waals surface area contributed by atoms with Crippen LogP contribution in [-0.2, 0) is 20.7 Å². The lowest BCUT2D eigenvalue weighted by atomic mass is 10.2. The van der Waals surface area contributed by atoms with Crippen LogP contribution in [0.25, 0.3) is 0 Å². The van der Waals surface area contributed by atoms with Gasteiger partial charge in [0.15, 0.2) is 6.10 Å². The number of carbonyl (C=O) groups excluding carboxylic acids is 2. The van der Waals surface area contributed by atoms with Crippen molar-refractivity contribution in [2.24, 2.45) is 0 Å². The normalized spacial score (nSPS) is 11.3. The maximum atomic E-state index is 12.0. The van der Waals surface area contributed by atoms with Gasteiger partial charge >= 0.3 is 5.97 Å². The molecule has 5 nitrogen and oxygen atoms in total. The van der Waals surface area contributed by atoms with Crippen LogP contribution >= 0.6 is 11.3 Å². The Hall–Kier alpha value is -2.65. The number of nitriles is 1. The van der Waals surface area contributed by atoms with Crippen molar-refractivity contribution >= 4 is 28.9 Å². The van der Waals surface area contributed by atoms with Crippen molar-refractivity contribution in [1.82, 2.24) is 0 Å². The number of esters is 1. The number of ether oxygens (including phenoxy) is 1. The molecule has 0 unspecified atom stereocenters. The number of hydrogen-bond donors (Lipinski definition) is 1. The van der Waals surface area contributed by atoms with Gasteiger partial charge in [-0.2, -0.15) is 5.26 Å². The summed E-state index contributed by atoms with van der Waals surface area (Å²) >= 11 is 1.47. The van der Waals surface area contributed by atoms with Crippen molar-refractivity contribution < 1.29 is 14.3 Å². The second kappa shape index (κ2) is 7.38. The second-order valence-corrected chi connectivity index (χ2v) is 5.60. The second-order valence-electron chi connectivity index (χ2n) is 4.57. The maximum absolute atomic E-state index is 12.0. The van der Waals surface area contributed by atoms with Gasteiger partial charge < -0.3 is 10.1 Å². The quantitative estimate of drug-likeness (QED) is 0.861. The van der Waals surface area contributed by atoms with Crippen molar-refractivity contribution in [3.05, 3.63) is 52.2 Å².